The third-order valence-corrected chi connectivity index (χ3v) is 2.60. The van der Waals surface area contributed by atoms with Crippen LogP contribution in [0.5, 0.6) is 0 Å². The van der Waals surface area contributed by atoms with Gasteiger partial charge in [-0.05, 0) is 0 Å². The summed E-state index contributed by atoms with van der Waals surface area (Å²) >= 11 is 1.48. The van der Waals surface area contributed by atoms with Crippen LogP contribution in [0.1, 0.15) is 21.1 Å². The molecule has 0 aliphatic heterocycles. The number of carbonyl (C=O) groups is 1. The van der Waals surface area contributed by atoms with Crippen molar-refractivity contribution in [3.8, 4) is 0 Å². The molecule has 0 aliphatic carbocycles. The van der Waals surface area contributed by atoms with Crippen molar-refractivity contribution < 1.29 is 9.90 Å². The zero-order valence-electron chi connectivity index (χ0n) is 7.62. The predicted octanol–water partition coefficient (Wildman–Crippen LogP) is 1.22. The number of carboxylic acids is 1. The summed E-state index contributed by atoms with van der Waals surface area (Å²) in [4.78, 5) is 22.5. The van der Waals surface area contributed by atoms with Gasteiger partial charge in [0.15, 0.2) is 5.69 Å². The molecule has 1 N–H and O–H groups in total. The number of rotatable bonds is 3. The van der Waals surface area contributed by atoms with Crippen molar-refractivity contribution in [1.29, 1.82) is 0 Å². The summed E-state index contributed by atoms with van der Waals surface area (Å²) in [6, 6.07) is 0. The maximum absolute atomic E-state index is 10.8. The molecule has 0 saturated carbocycles. The minimum Gasteiger partial charge on any atom is -0.477 e. The monoisotopic (exact) mass is 221 g/mol. The van der Waals surface area contributed by atoms with Crippen LogP contribution < -0.4 is 0 Å². The van der Waals surface area contributed by atoms with E-state index < -0.39 is 5.97 Å². The molecule has 2 aromatic heterocycles. The number of thiazole rings is 1. The van der Waals surface area contributed by atoms with Gasteiger partial charge < -0.3 is 5.11 Å². The van der Waals surface area contributed by atoms with Crippen molar-refractivity contribution in [3.63, 3.8) is 0 Å². The quantitative estimate of drug-likeness (QED) is 0.843. The summed E-state index contributed by atoms with van der Waals surface area (Å²) in [5, 5.41) is 11.6. The van der Waals surface area contributed by atoms with E-state index in [-0.39, 0.29) is 5.69 Å². The molecule has 0 saturated heterocycles. The third-order valence-electron chi connectivity index (χ3n) is 1.82. The lowest BCUT2D eigenvalue weighted by Crippen LogP contribution is -2.06. The minimum atomic E-state index is -1.04. The highest BCUT2D eigenvalue weighted by Gasteiger charge is 2.12. The molecule has 2 rings (SSSR count). The SMILES string of the molecule is O=C(O)c1ncncc1Cc1nccs1. The number of hydrogen-bond donors (Lipinski definition) is 1. The number of carboxylic acid groups (broad SMARTS) is 1. The van der Waals surface area contributed by atoms with Gasteiger partial charge in [0, 0.05) is 29.8 Å². The fourth-order valence-electron chi connectivity index (χ4n) is 1.18. The van der Waals surface area contributed by atoms with Gasteiger partial charge in [0.05, 0.1) is 5.01 Å². The Bertz CT molecular complexity index is 470. The standard InChI is InChI=1S/C9H7N3O2S/c13-9(14)8-6(4-10-5-12-8)3-7-11-1-2-15-7/h1-2,4-5H,3H2,(H,13,14). The molecule has 0 aliphatic rings. The van der Waals surface area contributed by atoms with E-state index in [1.807, 2.05) is 5.38 Å². The first-order valence-electron chi connectivity index (χ1n) is 4.18. The lowest BCUT2D eigenvalue weighted by molar-refractivity contribution is 0.0689. The van der Waals surface area contributed by atoms with Crippen LogP contribution in [-0.2, 0) is 6.42 Å². The molecular formula is C9H7N3O2S. The largest absolute Gasteiger partial charge is 0.477 e. The van der Waals surface area contributed by atoms with Crippen molar-refractivity contribution in [1.82, 2.24) is 15.0 Å². The van der Waals surface area contributed by atoms with Crippen LogP contribution in [0.3, 0.4) is 0 Å². The summed E-state index contributed by atoms with van der Waals surface area (Å²) < 4.78 is 0. The summed E-state index contributed by atoms with van der Waals surface area (Å²) in [6.45, 7) is 0. The molecule has 2 aromatic rings. The highest BCUT2D eigenvalue weighted by Crippen LogP contribution is 2.13. The van der Waals surface area contributed by atoms with Gasteiger partial charge in [-0.3, -0.25) is 0 Å². The van der Waals surface area contributed by atoms with Crippen LogP contribution in [0.2, 0.25) is 0 Å². The van der Waals surface area contributed by atoms with Gasteiger partial charge in [-0.1, -0.05) is 0 Å². The van der Waals surface area contributed by atoms with Gasteiger partial charge in [0.1, 0.15) is 6.33 Å². The predicted molar refractivity (Wildman–Crippen MR) is 53.9 cm³/mol. The molecule has 76 valence electrons. The number of hydrogen-bond acceptors (Lipinski definition) is 5. The Morgan fingerprint density at radius 1 is 1.47 bits per heavy atom. The van der Waals surface area contributed by atoms with Crippen LogP contribution in [-0.4, -0.2) is 26.0 Å². The Hall–Kier alpha value is -1.82. The second-order valence-corrected chi connectivity index (χ2v) is 3.78. The maximum Gasteiger partial charge on any atom is 0.354 e. The molecule has 6 heteroatoms. The van der Waals surface area contributed by atoms with Gasteiger partial charge in [-0.2, -0.15) is 0 Å². The van der Waals surface area contributed by atoms with Crippen LogP contribution in [0.25, 0.3) is 0 Å². The molecule has 0 unspecified atom stereocenters. The molecule has 0 fully saturated rings. The minimum absolute atomic E-state index is 0.0419. The first-order valence-corrected chi connectivity index (χ1v) is 5.06. The molecule has 0 amide bonds. The fourth-order valence-corrected chi connectivity index (χ4v) is 1.82. The summed E-state index contributed by atoms with van der Waals surface area (Å²) in [7, 11) is 0. The average Bonchev–Trinajstić information content (AvgIpc) is 2.71. The highest BCUT2D eigenvalue weighted by molar-refractivity contribution is 7.09. The van der Waals surface area contributed by atoms with Gasteiger partial charge >= 0.3 is 5.97 Å². The van der Waals surface area contributed by atoms with E-state index in [9.17, 15) is 4.79 Å². The lowest BCUT2D eigenvalue weighted by atomic mass is 10.2. The fraction of sp³-hybridized carbons (Fsp3) is 0.111. The Balaban J connectivity index is 2.32. The van der Waals surface area contributed by atoms with Crippen LogP contribution in [0.15, 0.2) is 24.1 Å². The molecule has 15 heavy (non-hydrogen) atoms. The van der Waals surface area contributed by atoms with E-state index in [0.29, 0.717) is 12.0 Å². The van der Waals surface area contributed by atoms with E-state index >= 15 is 0 Å². The van der Waals surface area contributed by atoms with Crippen LogP contribution in [0.4, 0.5) is 0 Å². The Morgan fingerprint density at radius 2 is 2.33 bits per heavy atom. The number of aromatic nitrogens is 3. The van der Waals surface area contributed by atoms with Crippen molar-refractivity contribution in [2.45, 2.75) is 6.42 Å². The van der Waals surface area contributed by atoms with E-state index in [2.05, 4.69) is 15.0 Å². The van der Waals surface area contributed by atoms with Gasteiger partial charge in [-0.25, -0.2) is 19.7 Å². The van der Waals surface area contributed by atoms with Crippen molar-refractivity contribution in [3.05, 3.63) is 40.4 Å². The molecule has 2 heterocycles. The molecule has 0 spiro atoms. The molecule has 5 nitrogen and oxygen atoms in total. The van der Waals surface area contributed by atoms with E-state index in [1.54, 1.807) is 6.20 Å². The van der Waals surface area contributed by atoms with Crippen molar-refractivity contribution in [2.24, 2.45) is 0 Å². The van der Waals surface area contributed by atoms with Gasteiger partial charge in [0.2, 0.25) is 0 Å². The summed E-state index contributed by atoms with van der Waals surface area (Å²) in [6.07, 6.45) is 4.89. The Labute approximate surface area is 89.5 Å². The molecule has 0 atom stereocenters. The number of nitrogens with zero attached hydrogens (tertiary/aromatic N) is 3. The van der Waals surface area contributed by atoms with E-state index in [0.717, 1.165) is 5.01 Å². The summed E-state index contributed by atoms with van der Waals surface area (Å²) in [5.41, 5.74) is 0.625. The topological polar surface area (TPSA) is 76.0 Å². The highest BCUT2D eigenvalue weighted by atomic mass is 32.1. The first kappa shape index (κ1) is 9.72. The zero-order chi connectivity index (χ0) is 10.7. The van der Waals surface area contributed by atoms with Crippen molar-refractivity contribution in [2.75, 3.05) is 0 Å². The van der Waals surface area contributed by atoms with Crippen molar-refractivity contribution >= 4 is 17.3 Å². The zero-order valence-corrected chi connectivity index (χ0v) is 8.44. The Kier molecular flexibility index (Phi) is 2.68. The van der Waals surface area contributed by atoms with Gasteiger partial charge in [-0.15, -0.1) is 11.3 Å². The number of aromatic carboxylic acids is 1. The lowest BCUT2D eigenvalue weighted by Gasteiger charge is -2.00. The van der Waals surface area contributed by atoms with E-state index in [1.165, 1.54) is 23.9 Å². The van der Waals surface area contributed by atoms with Crippen LogP contribution >= 0.6 is 11.3 Å². The van der Waals surface area contributed by atoms with E-state index in [4.69, 9.17) is 5.11 Å². The first-order chi connectivity index (χ1) is 7.27. The molecule has 0 bridgehead atoms. The smallest absolute Gasteiger partial charge is 0.354 e. The molecule has 0 radical (unpaired) electrons. The average molecular weight is 221 g/mol. The Morgan fingerprint density at radius 3 is 3.00 bits per heavy atom. The molecular weight excluding hydrogens is 214 g/mol. The second-order valence-electron chi connectivity index (χ2n) is 2.80. The van der Waals surface area contributed by atoms with Gasteiger partial charge in [0.25, 0.3) is 0 Å². The third kappa shape index (κ3) is 2.16. The molecule has 0 aromatic carbocycles. The second kappa shape index (κ2) is 4.14. The maximum atomic E-state index is 10.8. The summed E-state index contributed by atoms with van der Waals surface area (Å²) in [5.74, 6) is -1.04. The van der Waals surface area contributed by atoms with Crippen LogP contribution in [0, 0.1) is 0 Å². The normalized spacial score (nSPS) is 10.1.